The van der Waals surface area contributed by atoms with Crippen LogP contribution in [0.4, 0.5) is 0 Å². The van der Waals surface area contributed by atoms with Crippen LogP contribution < -0.4 is 5.73 Å². The van der Waals surface area contributed by atoms with Crippen LogP contribution in [0, 0.1) is 0 Å². The van der Waals surface area contributed by atoms with Gasteiger partial charge in [-0.05, 0) is 25.5 Å². The topological polar surface area (TPSA) is 61.8 Å². The molecule has 1 heterocycles. The smallest absolute Gasteiger partial charge is 0.161 e. The van der Waals surface area contributed by atoms with Crippen molar-refractivity contribution in [1.29, 1.82) is 0 Å². The van der Waals surface area contributed by atoms with E-state index in [0.29, 0.717) is 0 Å². The van der Waals surface area contributed by atoms with Crippen molar-refractivity contribution in [2.45, 2.75) is 6.04 Å². The highest BCUT2D eigenvalue weighted by Crippen LogP contribution is 2.22. The Hall–Kier alpha value is -1.07. The molecular weight excluding hydrogens is 186 g/mol. The fourth-order valence-corrected chi connectivity index (χ4v) is 2.10. The number of oxime groups is 1. The van der Waals surface area contributed by atoms with Crippen molar-refractivity contribution < 1.29 is 5.21 Å². The number of rotatable bonds is 3. The van der Waals surface area contributed by atoms with Crippen LogP contribution in [-0.2, 0) is 0 Å². The molecule has 3 N–H and O–H groups in total. The van der Waals surface area contributed by atoms with E-state index in [2.05, 4.69) is 5.16 Å². The fraction of sp³-hybridized carbons (Fsp3) is 0.375. The van der Waals surface area contributed by atoms with E-state index in [0.717, 1.165) is 4.88 Å². The second kappa shape index (κ2) is 4.25. The molecular formula is C8H13N3OS. The molecule has 0 fully saturated rings. The molecule has 1 rings (SSSR count). The van der Waals surface area contributed by atoms with Crippen molar-refractivity contribution in [1.82, 2.24) is 4.90 Å². The lowest BCUT2D eigenvalue weighted by Crippen LogP contribution is -2.32. The number of hydrogen-bond donors (Lipinski definition) is 2. The monoisotopic (exact) mass is 199 g/mol. The van der Waals surface area contributed by atoms with Gasteiger partial charge < -0.3 is 10.9 Å². The Bertz CT molecular complexity index is 282. The Labute approximate surface area is 81.3 Å². The van der Waals surface area contributed by atoms with Gasteiger partial charge in [0.05, 0.1) is 0 Å². The number of nitrogens with zero attached hydrogens (tertiary/aromatic N) is 2. The van der Waals surface area contributed by atoms with Gasteiger partial charge in [0.2, 0.25) is 0 Å². The standard InChI is InChI=1S/C8H13N3OS/c1-11(2)7(8(9)10-12)6-4-3-5-13-6/h3-5,7,12H,1-2H3,(H2,9,10)/t7-/m1/s1. The van der Waals surface area contributed by atoms with E-state index in [1.54, 1.807) is 11.3 Å². The van der Waals surface area contributed by atoms with Gasteiger partial charge in [0.15, 0.2) is 5.84 Å². The highest BCUT2D eigenvalue weighted by Gasteiger charge is 2.19. The predicted molar refractivity (Wildman–Crippen MR) is 54.2 cm³/mol. The number of likely N-dealkylation sites (N-methyl/N-ethyl adjacent to an activating group) is 1. The molecule has 0 aliphatic rings. The van der Waals surface area contributed by atoms with Crippen LogP contribution in [0.2, 0.25) is 0 Å². The molecule has 0 aromatic carbocycles. The Morgan fingerprint density at radius 1 is 1.69 bits per heavy atom. The van der Waals surface area contributed by atoms with Gasteiger partial charge in [-0.15, -0.1) is 11.3 Å². The van der Waals surface area contributed by atoms with Crippen LogP contribution in [0.5, 0.6) is 0 Å². The van der Waals surface area contributed by atoms with Gasteiger partial charge in [-0.25, -0.2) is 0 Å². The molecule has 1 aromatic heterocycles. The maximum Gasteiger partial charge on any atom is 0.161 e. The number of amidine groups is 1. The number of nitrogens with two attached hydrogens (primary N) is 1. The van der Waals surface area contributed by atoms with Crippen LogP contribution in [0.15, 0.2) is 22.7 Å². The maximum atomic E-state index is 8.59. The third kappa shape index (κ3) is 2.19. The van der Waals surface area contributed by atoms with Crippen molar-refractivity contribution in [2.24, 2.45) is 10.9 Å². The lowest BCUT2D eigenvalue weighted by atomic mass is 10.2. The van der Waals surface area contributed by atoms with Gasteiger partial charge in [-0.1, -0.05) is 11.2 Å². The molecule has 0 spiro atoms. The first-order valence-corrected chi connectivity index (χ1v) is 4.72. The molecule has 0 bridgehead atoms. The van der Waals surface area contributed by atoms with Crippen LogP contribution in [0.3, 0.4) is 0 Å². The molecule has 0 saturated carbocycles. The predicted octanol–water partition coefficient (Wildman–Crippen LogP) is 1.10. The van der Waals surface area contributed by atoms with Crippen molar-refractivity contribution in [3.63, 3.8) is 0 Å². The van der Waals surface area contributed by atoms with Gasteiger partial charge in [-0.3, -0.25) is 4.90 Å². The Balaban J connectivity index is 2.94. The van der Waals surface area contributed by atoms with Crippen LogP contribution in [-0.4, -0.2) is 30.0 Å². The second-order valence-electron chi connectivity index (χ2n) is 2.91. The van der Waals surface area contributed by atoms with Crippen LogP contribution in [0.25, 0.3) is 0 Å². The Morgan fingerprint density at radius 3 is 2.77 bits per heavy atom. The van der Waals surface area contributed by atoms with Gasteiger partial charge >= 0.3 is 0 Å². The molecule has 0 aliphatic carbocycles. The lowest BCUT2D eigenvalue weighted by Gasteiger charge is -2.21. The van der Waals surface area contributed by atoms with Crippen LogP contribution >= 0.6 is 11.3 Å². The molecule has 13 heavy (non-hydrogen) atoms. The third-order valence-corrected chi connectivity index (χ3v) is 2.65. The highest BCUT2D eigenvalue weighted by atomic mass is 32.1. The van der Waals surface area contributed by atoms with Gasteiger partial charge in [0.25, 0.3) is 0 Å². The summed E-state index contributed by atoms with van der Waals surface area (Å²) in [6.45, 7) is 0. The Morgan fingerprint density at radius 2 is 2.38 bits per heavy atom. The minimum atomic E-state index is -0.134. The largest absolute Gasteiger partial charge is 0.409 e. The molecule has 0 aliphatic heterocycles. The highest BCUT2D eigenvalue weighted by molar-refractivity contribution is 7.10. The molecule has 1 atom stereocenters. The molecule has 0 radical (unpaired) electrons. The van der Waals surface area contributed by atoms with E-state index in [9.17, 15) is 0 Å². The first-order chi connectivity index (χ1) is 6.16. The third-order valence-electron chi connectivity index (χ3n) is 1.72. The first kappa shape index (κ1) is 10.0. The van der Waals surface area contributed by atoms with E-state index in [1.165, 1.54) is 0 Å². The van der Waals surface area contributed by atoms with E-state index < -0.39 is 0 Å². The normalized spacial score (nSPS) is 14.8. The summed E-state index contributed by atoms with van der Waals surface area (Å²) in [4.78, 5) is 2.97. The average Bonchev–Trinajstić information content (AvgIpc) is 2.56. The van der Waals surface area contributed by atoms with E-state index in [1.807, 2.05) is 36.5 Å². The first-order valence-electron chi connectivity index (χ1n) is 3.84. The maximum absolute atomic E-state index is 8.59. The summed E-state index contributed by atoms with van der Waals surface area (Å²) in [6, 6.07) is 3.78. The number of thiophene rings is 1. The summed E-state index contributed by atoms with van der Waals surface area (Å²) in [7, 11) is 3.78. The van der Waals surface area contributed by atoms with Crippen molar-refractivity contribution in [2.75, 3.05) is 14.1 Å². The average molecular weight is 199 g/mol. The zero-order valence-corrected chi connectivity index (χ0v) is 8.45. The van der Waals surface area contributed by atoms with Gasteiger partial charge in [-0.2, -0.15) is 0 Å². The molecule has 72 valence electrons. The molecule has 0 unspecified atom stereocenters. The quantitative estimate of drug-likeness (QED) is 0.331. The summed E-state index contributed by atoms with van der Waals surface area (Å²) in [5.41, 5.74) is 5.57. The van der Waals surface area contributed by atoms with Gasteiger partial charge in [0.1, 0.15) is 6.04 Å². The SMILES string of the molecule is CN(C)[C@@H](C(N)=NO)c1cccs1. The molecule has 5 heteroatoms. The minimum Gasteiger partial charge on any atom is -0.409 e. The van der Waals surface area contributed by atoms with Crippen molar-refractivity contribution in [3.05, 3.63) is 22.4 Å². The molecule has 0 amide bonds. The summed E-state index contributed by atoms with van der Waals surface area (Å²) in [6.07, 6.45) is 0. The van der Waals surface area contributed by atoms with E-state index in [4.69, 9.17) is 10.9 Å². The summed E-state index contributed by atoms with van der Waals surface area (Å²) in [5.74, 6) is 0.215. The van der Waals surface area contributed by atoms with Crippen LogP contribution in [0.1, 0.15) is 10.9 Å². The summed E-state index contributed by atoms with van der Waals surface area (Å²) in [5, 5.41) is 13.6. The molecule has 0 saturated heterocycles. The molecule has 4 nitrogen and oxygen atoms in total. The van der Waals surface area contributed by atoms with E-state index >= 15 is 0 Å². The molecule has 1 aromatic rings. The zero-order chi connectivity index (χ0) is 9.84. The van der Waals surface area contributed by atoms with Crippen molar-refractivity contribution >= 4 is 17.2 Å². The zero-order valence-electron chi connectivity index (χ0n) is 7.64. The summed E-state index contributed by atoms with van der Waals surface area (Å²) >= 11 is 1.59. The van der Waals surface area contributed by atoms with Crippen molar-refractivity contribution in [3.8, 4) is 0 Å². The fourth-order valence-electron chi connectivity index (χ4n) is 1.17. The Kier molecular flexibility index (Phi) is 3.27. The number of hydrogen-bond acceptors (Lipinski definition) is 4. The minimum absolute atomic E-state index is 0.134. The van der Waals surface area contributed by atoms with E-state index in [-0.39, 0.29) is 11.9 Å². The van der Waals surface area contributed by atoms with Gasteiger partial charge in [0, 0.05) is 4.88 Å². The lowest BCUT2D eigenvalue weighted by molar-refractivity contribution is 0.302. The second-order valence-corrected chi connectivity index (χ2v) is 3.89. The summed E-state index contributed by atoms with van der Waals surface area (Å²) < 4.78 is 0.